The summed E-state index contributed by atoms with van der Waals surface area (Å²) < 4.78 is 1.82. The van der Waals surface area contributed by atoms with Crippen LogP contribution in [0.15, 0.2) is 6.20 Å². The summed E-state index contributed by atoms with van der Waals surface area (Å²) in [5.41, 5.74) is 3.87. The first kappa shape index (κ1) is 17.4. The van der Waals surface area contributed by atoms with Crippen molar-refractivity contribution in [3.8, 4) is 0 Å². The molecule has 0 spiro atoms. The van der Waals surface area contributed by atoms with Crippen LogP contribution in [0.1, 0.15) is 52.3 Å². The number of hydrazine groups is 1. The molecule has 6 heteroatoms. The summed E-state index contributed by atoms with van der Waals surface area (Å²) in [6.45, 7) is 10.7. The molecule has 0 amide bonds. The Hall–Kier alpha value is -0.620. The average Bonchev–Trinajstić information content (AvgIpc) is 2.79. The Balaban J connectivity index is 3.36. The summed E-state index contributed by atoms with van der Waals surface area (Å²) in [7, 11) is 1.91. The number of rotatable bonds is 8. The van der Waals surface area contributed by atoms with Crippen LogP contribution in [0.5, 0.6) is 0 Å². The summed E-state index contributed by atoms with van der Waals surface area (Å²) >= 11 is 6.33. The molecule has 0 fully saturated rings. The van der Waals surface area contributed by atoms with Crippen molar-refractivity contribution in [1.29, 1.82) is 0 Å². The maximum atomic E-state index is 6.33. The summed E-state index contributed by atoms with van der Waals surface area (Å²) in [6.07, 6.45) is 3.66. The average molecular weight is 302 g/mol. The lowest BCUT2D eigenvalue weighted by Gasteiger charge is -2.47. The molecule has 1 unspecified atom stereocenters. The van der Waals surface area contributed by atoms with E-state index in [1.807, 2.05) is 11.7 Å². The Morgan fingerprint density at radius 1 is 1.35 bits per heavy atom. The number of aryl methyl sites for hydroxylation is 1. The highest BCUT2D eigenvalue weighted by Gasteiger charge is 2.42. The summed E-state index contributed by atoms with van der Waals surface area (Å²) in [5.74, 6) is 5.91. The number of nitrogens with one attached hydrogen (secondary N) is 1. The standard InChI is InChI=1S/C14H28ClN5/c1-6-14(7-2,20(8-3)9-4)13(18-16)12-11(15)10-17-19(12)5/h10,13,18H,6-9,16H2,1-5H3. The molecule has 1 rings (SSSR count). The van der Waals surface area contributed by atoms with Crippen LogP contribution < -0.4 is 11.3 Å². The maximum Gasteiger partial charge on any atom is 0.0835 e. The first-order valence-electron chi connectivity index (χ1n) is 7.40. The normalized spacial score (nSPS) is 14.0. The number of hydrogen-bond donors (Lipinski definition) is 2. The van der Waals surface area contributed by atoms with E-state index in [4.69, 9.17) is 17.4 Å². The number of aromatic nitrogens is 2. The highest BCUT2D eigenvalue weighted by molar-refractivity contribution is 6.31. The molecule has 0 aliphatic carbocycles. The molecule has 1 heterocycles. The van der Waals surface area contributed by atoms with Crippen molar-refractivity contribution >= 4 is 11.6 Å². The Morgan fingerprint density at radius 2 is 1.90 bits per heavy atom. The number of nitrogens with two attached hydrogens (primary N) is 1. The molecule has 5 nitrogen and oxygen atoms in total. The van der Waals surface area contributed by atoms with Crippen LogP contribution in [0.3, 0.4) is 0 Å². The second-order valence-corrected chi connectivity index (χ2v) is 5.49. The van der Waals surface area contributed by atoms with Gasteiger partial charge in [0.25, 0.3) is 0 Å². The van der Waals surface area contributed by atoms with Gasteiger partial charge in [-0.1, -0.05) is 39.3 Å². The van der Waals surface area contributed by atoms with E-state index in [1.54, 1.807) is 6.20 Å². The van der Waals surface area contributed by atoms with Gasteiger partial charge in [-0.2, -0.15) is 5.10 Å². The van der Waals surface area contributed by atoms with E-state index in [9.17, 15) is 0 Å². The van der Waals surface area contributed by atoms with Gasteiger partial charge >= 0.3 is 0 Å². The lowest BCUT2D eigenvalue weighted by Crippen LogP contribution is -2.57. The molecule has 116 valence electrons. The van der Waals surface area contributed by atoms with Gasteiger partial charge < -0.3 is 0 Å². The SMILES string of the molecule is CCN(CC)C(CC)(CC)C(NN)c1c(Cl)cnn1C. The third-order valence-electron chi connectivity index (χ3n) is 4.53. The first-order valence-corrected chi connectivity index (χ1v) is 7.78. The van der Waals surface area contributed by atoms with Crippen molar-refractivity contribution in [3.05, 3.63) is 16.9 Å². The van der Waals surface area contributed by atoms with E-state index in [0.717, 1.165) is 31.6 Å². The highest BCUT2D eigenvalue weighted by atomic mass is 35.5. The van der Waals surface area contributed by atoms with Crippen molar-refractivity contribution in [1.82, 2.24) is 20.1 Å². The molecule has 0 bridgehead atoms. The molecule has 0 aliphatic heterocycles. The van der Waals surface area contributed by atoms with Gasteiger partial charge in [0.1, 0.15) is 0 Å². The van der Waals surface area contributed by atoms with Gasteiger partial charge in [-0.15, -0.1) is 0 Å². The van der Waals surface area contributed by atoms with E-state index in [0.29, 0.717) is 5.02 Å². The van der Waals surface area contributed by atoms with E-state index in [1.165, 1.54) is 0 Å². The zero-order valence-corrected chi connectivity index (χ0v) is 14.0. The lowest BCUT2D eigenvalue weighted by atomic mass is 9.81. The zero-order valence-electron chi connectivity index (χ0n) is 13.3. The molecule has 1 aromatic heterocycles. The predicted octanol–water partition coefficient (Wildman–Crippen LogP) is 2.48. The fourth-order valence-corrected chi connectivity index (χ4v) is 3.65. The molecule has 0 aliphatic rings. The summed E-state index contributed by atoms with van der Waals surface area (Å²) in [4.78, 5) is 2.46. The second kappa shape index (κ2) is 7.41. The van der Waals surface area contributed by atoms with E-state index < -0.39 is 0 Å². The smallest absolute Gasteiger partial charge is 0.0835 e. The lowest BCUT2D eigenvalue weighted by molar-refractivity contribution is 0.0459. The minimum Gasteiger partial charge on any atom is -0.296 e. The molecule has 20 heavy (non-hydrogen) atoms. The summed E-state index contributed by atoms with van der Waals surface area (Å²) in [6, 6.07) is -0.0580. The van der Waals surface area contributed by atoms with Gasteiger partial charge in [-0.25, -0.2) is 5.43 Å². The van der Waals surface area contributed by atoms with Crippen molar-refractivity contribution < 1.29 is 0 Å². The topological polar surface area (TPSA) is 59.1 Å². The first-order chi connectivity index (χ1) is 9.52. The van der Waals surface area contributed by atoms with Gasteiger partial charge in [0.05, 0.1) is 23.0 Å². The van der Waals surface area contributed by atoms with Crippen LogP contribution in [-0.4, -0.2) is 33.3 Å². The molecular weight excluding hydrogens is 274 g/mol. The zero-order chi connectivity index (χ0) is 15.3. The number of halogens is 1. The van der Waals surface area contributed by atoms with Crippen molar-refractivity contribution in [2.75, 3.05) is 13.1 Å². The Morgan fingerprint density at radius 3 is 2.20 bits per heavy atom. The molecule has 0 radical (unpaired) electrons. The Labute approximate surface area is 127 Å². The van der Waals surface area contributed by atoms with Crippen molar-refractivity contribution in [2.24, 2.45) is 12.9 Å². The van der Waals surface area contributed by atoms with Crippen LogP contribution in [0.25, 0.3) is 0 Å². The van der Waals surface area contributed by atoms with Crippen LogP contribution in [0, 0.1) is 0 Å². The molecule has 1 aromatic rings. The van der Waals surface area contributed by atoms with Crippen molar-refractivity contribution in [2.45, 2.75) is 52.1 Å². The maximum absolute atomic E-state index is 6.33. The Bertz CT molecular complexity index is 390. The minimum absolute atomic E-state index is 0.0580. The van der Waals surface area contributed by atoms with Crippen LogP contribution >= 0.6 is 11.6 Å². The third-order valence-corrected chi connectivity index (χ3v) is 4.82. The van der Waals surface area contributed by atoms with Gasteiger partial charge in [0.15, 0.2) is 0 Å². The molecule has 0 saturated carbocycles. The second-order valence-electron chi connectivity index (χ2n) is 5.08. The van der Waals surface area contributed by atoms with Gasteiger partial charge in [-0.05, 0) is 25.9 Å². The van der Waals surface area contributed by atoms with Crippen LogP contribution in [0.2, 0.25) is 5.02 Å². The molecule has 0 saturated heterocycles. The highest BCUT2D eigenvalue weighted by Crippen LogP contribution is 2.39. The number of hydrogen-bond acceptors (Lipinski definition) is 4. The van der Waals surface area contributed by atoms with Crippen LogP contribution in [-0.2, 0) is 7.05 Å². The molecule has 1 atom stereocenters. The third kappa shape index (κ3) is 2.86. The van der Waals surface area contributed by atoms with E-state index in [-0.39, 0.29) is 11.6 Å². The monoisotopic (exact) mass is 301 g/mol. The van der Waals surface area contributed by atoms with E-state index in [2.05, 4.69) is 43.1 Å². The number of likely N-dealkylation sites (N-methyl/N-ethyl adjacent to an activating group) is 1. The number of nitrogens with zero attached hydrogens (tertiary/aromatic N) is 3. The fraction of sp³-hybridized carbons (Fsp3) is 0.786. The minimum atomic E-state index is -0.0737. The fourth-order valence-electron chi connectivity index (χ4n) is 3.37. The predicted molar refractivity (Wildman–Crippen MR) is 84.5 cm³/mol. The Kier molecular flexibility index (Phi) is 6.45. The quantitative estimate of drug-likeness (QED) is 0.572. The molecule has 0 aromatic carbocycles. The van der Waals surface area contributed by atoms with Gasteiger partial charge in [0, 0.05) is 12.6 Å². The van der Waals surface area contributed by atoms with Gasteiger partial charge in [0.2, 0.25) is 0 Å². The largest absolute Gasteiger partial charge is 0.296 e. The molecular formula is C14H28ClN5. The van der Waals surface area contributed by atoms with Crippen molar-refractivity contribution in [3.63, 3.8) is 0 Å². The molecule has 3 N–H and O–H groups in total. The van der Waals surface area contributed by atoms with Crippen LogP contribution in [0.4, 0.5) is 0 Å². The summed E-state index contributed by atoms with van der Waals surface area (Å²) in [5, 5.41) is 4.91. The van der Waals surface area contributed by atoms with E-state index >= 15 is 0 Å². The van der Waals surface area contributed by atoms with Gasteiger partial charge in [-0.3, -0.25) is 15.4 Å².